The average Bonchev–Trinajstić information content (AvgIpc) is 3.23. The van der Waals surface area contributed by atoms with Crippen molar-refractivity contribution in [2.45, 2.75) is 25.0 Å². The molecule has 130 valence electrons. The molecule has 1 amide bonds. The summed E-state index contributed by atoms with van der Waals surface area (Å²) in [6, 6.07) is 12.0. The van der Waals surface area contributed by atoms with Gasteiger partial charge in [-0.3, -0.25) is 4.79 Å². The van der Waals surface area contributed by atoms with Gasteiger partial charge in [-0.25, -0.2) is 8.78 Å². The highest BCUT2D eigenvalue weighted by Crippen LogP contribution is 2.39. The Kier molecular flexibility index (Phi) is 4.02. The number of hydrogen-bond donors (Lipinski definition) is 1. The zero-order valence-corrected chi connectivity index (χ0v) is 13.6. The van der Waals surface area contributed by atoms with E-state index < -0.39 is 17.5 Å². The maximum absolute atomic E-state index is 14.4. The molecule has 1 fully saturated rings. The van der Waals surface area contributed by atoms with Crippen LogP contribution in [0.1, 0.15) is 12.8 Å². The predicted molar refractivity (Wildman–Crippen MR) is 91.0 cm³/mol. The van der Waals surface area contributed by atoms with Crippen LogP contribution in [0.25, 0.3) is 11.1 Å². The number of rotatable bonds is 3. The topological polar surface area (TPSA) is 62.1 Å². The second-order valence-electron chi connectivity index (χ2n) is 6.26. The third kappa shape index (κ3) is 2.67. The van der Waals surface area contributed by atoms with E-state index in [1.807, 2.05) is 6.07 Å². The van der Waals surface area contributed by atoms with E-state index in [1.165, 1.54) is 30.3 Å². The minimum Gasteiger partial charge on any atom is -0.365 e. The summed E-state index contributed by atoms with van der Waals surface area (Å²) in [7, 11) is 0. The summed E-state index contributed by atoms with van der Waals surface area (Å²) in [4.78, 5) is 12.5. The quantitative estimate of drug-likeness (QED) is 0.910. The summed E-state index contributed by atoms with van der Waals surface area (Å²) in [5.74, 6) is -1.63. The highest BCUT2D eigenvalue weighted by molar-refractivity contribution is 6.06. The Balaban J connectivity index is 1.60. The van der Waals surface area contributed by atoms with Crippen molar-refractivity contribution in [3.05, 3.63) is 65.2 Å². The first-order chi connectivity index (χ1) is 12.6. The van der Waals surface area contributed by atoms with Crippen LogP contribution in [0.4, 0.5) is 14.5 Å². The van der Waals surface area contributed by atoms with Crippen LogP contribution >= 0.6 is 0 Å². The van der Waals surface area contributed by atoms with Crippen LogP contribution in [-0.4, -0.2) is 18.1 Å². The first-order valence-electron chi connectivity index (χ1n) is 8.24. The molecular formula is C20H14F2N2O2. The van der Waals surface area contributed by atoms with Crippen molar-refractivity contribution in [1.29, 1.82) is 5.26 Å². The molecule has 2 aromatic rings. The number of nitriles is 1. The molecule has 2 heterocycles. The van der Waals surface area contributed by atoms with E-state index in [-0.39, 0.29) is 29.0 Å². The van der Waals surface area contributed by atoms with Crippen molar-refractivity contribution in [3.8, 4) is 17.2 Å². The highest BCUT2D eigenvalue weighted by atomic mass is 19.1. The van der Waals surface area contributed by atoms with E-state index in [0.717, 1.165) is 12.5 Å². The Hall–Kier alpha value is -3.04. The molecule has 1 saturated heterocycles. The van der Waals surface area contributed by atoms with Gasteiger partial charge in [-0.05, 0) is 37.1 Å². The number of hydrogen-bond acceptors (Lipinski definition) is 3. The fourth-order valence-electron chi connectivity index (χ4n) is 3.50. The molecule has 2 bridgehead atoms. The van der Waals surface area contributed by atoms with Crippen molar-refractivity contribution in [2.75, 3.05) is 5.32 Å². The number of anilines is 1. The summed E-state index contributed by atoms with van der Waals surface area (Å²) >= 11 is 0. The van der Waals surface area contributed by atoms with Crippen molar-refractivity contribution in [1.82, 2.24) is 0 Å². The van der Waals surface area contributed by atoms with Gasteiger partial charge >= 0.3 is 0 Å². The molecule has 2 aliphatic rings. The number of benzene rings is 2. The second-order valence-corrected chi connectivity index (χ2v) is 6.26. The highest BCUT2D eigenvalue weighted by Gasteiger charge is 2.43. The van der Waals surface area contributed by atoms with E-state index >= 15 is 0 Å². The normalized spacial score (nSPS) is 21.0. The maximum Gasteiger partial charge on any atom is 0.255 e. The van der Waals surface area contributed by atoms with Crippen LogP contribution in [0.2, 0.25) is 0 Å². The van der Waals surface area contributed by atoms with Crippen molar-refractivity contribution >= 4 is 11.6 Å². The van der Waals surface area contributed by atoms with Gasteiger partial charge in [0.25, 0.3) is 5.91 Å². The summed E-state index contributed by atoms with van der Waals surface area (Å²) in [6.07, 6.45) is 0.735. The molecule has 2 aliphatic heterocycles. The van der Waals surface area contributed by atoms with Gasteiger partial charge in [-0.15, -0.1) is 0 Å². The Labute approximate surface area is 148 Å². The van der Waals surface area contributed by atoms with Crippen LogP contribution in [0.15, 0.2) is 53.6 Å². The molecule has 26 heavy (non-hydrogen) atoms. The lowest BCUT2D eigenvalue weighted by molar-refractivity contribution is -0.113. The van der Waals surface area contributed by atoms with E-state index in [9.17, 15) is 18.8 Å². The molecule has 2 atom stereocenters. The number of carbonyl (C=O) groups is 1. The van der Waals surface area contributed by atoms with Crippen LogP contribution in [0.5, 0.6) is 0 Å². The van der Waals surface area contributed by atoms with Gasteiger partial charge < -0.3 is 10.1 Å². The van der Waals surface area contributed by atoms with Crippen LogP contribution in [-0.2, 0) is 9.53 Å². The van der Waals surface area contributed by atoms with Crippen LogP contribution in [0, 0.1) is 23.0 Å². The molecule has 1 N–H and O–H groups in total. The van der Waals surface area contributed by atoms with E-state index in [2.05, 4.69) is 5.32 Å². The molecule has 2 aromatic carbocycles. The maximum atomic E-state index is 14.4. The third-order valence-corrected chi connectivity index (χ3v) is 4.71. The first kappa shape index (κ1) is 16.4. The number of amides is 1. The standard InChI is InChI=1S/C20H14F2N2O2/c21-15-4-2-1-3-12(15)13-6-5-11(9-16(13)22)24-20(25)19-14(10-23)17-7-8-18(19)26-17/h1-6,9,17-18H,7-8H2,(H,24,25). The third-order valence-electron chi connectivity index (χ3n) is 4.71. The van der Waals surface area contributed by atoms with Crippen LogP contribution in [0.3, 0.4) is 0 Å². The molecule has 6 heteroatoms. The molecule has 4 nitrogen and oxygen atoms in total. The van der Waals surface area contributed by atoms with Crippen molar-refractivity contribution in [3.63, 3.8) is 0 Å². The Bertz CT molecular complexity index is 978. The van der Waals surface area contributed by atoms with Gasteiger partial charge in [0.05, 0.1) is 29.4 Å². The van der Waals surface area contributed by atoms with Gasteiger partial charge in [0.1, 0.15) is 11.6 Å². The Morgan fingerprint density at radius 2 is 1.81 bits per heavy atom. The lowest BCUT2D eigenvalue weighted by Crippen LogP contribution is -2.23. The second kappa shape index (κ2) is 6.36. The van der Waals surface area contributed by atoms with Crippen molar-refractivity contribution in [2.24, 2.45) is 0 Å². The van der Waals surface area contributed by atoms with E-state index in [1.54, 1.807) is 6.07 Å². The largest absolute Gasteiger partial charge is 0.365 e. The number of ether oxygens (including phenoxy) is 1. The van der Waals surface area contributed by atoms with Gasteiger partial charge in [-0.2, -0.15) is 5.26 Å². The van der Waals surface area contributed by atoms with Gasteiger partial charge in [0.2, 0.25) is 0 Å². The van der Waals surface area contributed by atoms with E-state index in [0.29, 0.717) is 17.6 Å². The zero-order valence-electron chi connectivity index (χ0n) is 13.6. The Morgan fingerprint density at radius 3 is 2.54 bits per heavy atom. The molecule has 0 saturated carbocycles. The Morgan fingerprint density at radius 1 is 1.08 bits per heavy atom. The number of halogens is 2. The fraction of sp³-hybridized carbons (Fsp3) is 0.200. The molecule has 0 aromatic heterocycles. The molecular weight excluding hydrogens is 338 g/mol. The molecule has 0 aliphatic carbocycles. The summed E-state index contributed by atoms with van der Waals surface area (Å²) in [5.41, 5.74) is 1.17. The minimum absolute atomic E-state index is 0.112. The lowest BCUT2D eigenvalue weighted by atomic mass is 9.92. The summed E-state index contributed by atoms with van der Waals surface area (Å²) in [6.45, 7) is 0. The molecule has 4 rings (SSSR count). The molecule has 0 spiro atoms. The SMILES string of the molecule is N#CC1=C(C(=O)Nc2ccc(-c3ccccc3F)c(F)c2)C2CCC1O2. The fourth-order valence-corrected chi connectivity index (χ4v) is 3.50. The van der Waals surface area contributed by atoms with E-state index in [4.69, 9.17) is 4.74 Å². The van der Waals surface area contributed by atoms with Crippen LogP contribution < -0.4 is 5.32 Å². The number of fused-ring (bicyclic) bond motifs is 2. The number of nitrogens with one attached hydrogen (secondary N) is 1. The lowest BCUT2D eigenvalue weighted by Gasteiger charge is -2.13. The molecule has 0 radical (unpaired) electrons. The molecule has 2 unspecified atom stereocenters. The van der Waals surface area contributed by atoms with Gasteiger partial charge in [-0.1, -0.05) is 18.2 Å². The minimum atomic E-state index is -0.647. The smallest absolute Gasteiger partial charge is 0.255 e. The van der Waals surface area contributed by atoms with Gasteiger partial charge in [0, 0.05) is 16.8 Å². The number of nitrogens with zero attached hydrogens (tertiary/aromatic N) is 1. The zero-order chi connectivity index (χ0) is 18.3. The average molecular weight is 352 g/mol. The van der Waals surface area contributed by atoms with Gasteiger partial charge in [0.15, 0.2) is 0 Å². The summed E-state index contributed by atoms with van der Waals surface area (Å²) in [5, 5.41) is 11.8. The van der Waals surface area contributed by atoms with Crippen molar-refractivity contribution < 1.29 is 18.3 Å². The first-order valence-corrected chi connectivity index (χ1v) is 8.24. The summed E-state index contributed by atoms with van der Waals surface area (Å²) < 4.78 is 33.9. The number of carbonyl (C=O) groups excluding carboxylic acids is 1. The monoisotopic (exact) mass is 352 g/mol. The predicted octanol–water partition coefficient (Wildman–Crippen LogP) is 3.95.